The van der Waals surface area contributed by atoms with E-state index < -0.39 is 0 Å². The van der Waals surface area contributed by atoms with Crippen LogP contribution >= 0.6 is 0 Å². The molecule has 0 aliphatic heterocycles. The van der Waals surface area contributed by atoms with Crippen molar-refractivity contribution in [2.75, 3.05) is 0 Å². The van der Waals surface area contributed by atoms with Crippen LogP contribution in [0.5, 0.6) is 0 Å². The zero-order valence-corrected chi connectivity index (χ0v) is 27.1. The average Bonchev–Trinajstić information content (AvgIpc) is 3.44. The van der Waals surface area contributed by atoms with Crippen molar-refractivity contribution in [2.24, 2.45) is 11.5 Å². The Morgan fingerprint density at radius 2 is 1.09 bits per heavy atom. The maximum Gasteiger partial charge on any atom is 0.122 e. The molecule has 2 aliphatic rings. The molecular formula is C43H41N3. The number of nitrogens with two attached hydrogens (primary N) is 2. The zero-order chi connectivity index (χ0) is 32.2. The van der Waals surface area contributed by atoms with Gasteiger partial charge in [-0.25, -0.2) is 0 Å². The van der Waals surface area contributed by atoms with Crippen LogP contribution in [0.25, 0.3) is 33.0 Å². The predicted octanol–water partition coefficient (Wildman–Crippen LogP) is 9.67. The van der Waals surface area contributed by atoms with Crippen molar-refractivity contribution in [3.05, 3.63) is 166 Å². The molecule has 0 radical (unpaired) electrons. The van der Waals surface area contributed by atoms with Crippen LogP contribution in [-0.4, -0.2) is 5.84 Å². The standard InChI is InChI=1S/C27H25N.C16H16N2/c1-27(2)24-10-6-5-9-22(24)23-14-11-18(15-25(23)27)16-26(28)21-13-12-19-7-3-4-8-20(19)17-21;1-16(2)13-6-4-3-5-11(13)12-8-7-10(15(17)18)9-14(12)16/h3-15,17,26H,16,28H2,1-2H3;3-9H,1-2H3,(H3,17,18). The van der Waals surface area contributed by atoms with E-state index in [0.717, 1.165) is 12.0 Å². The van der Waals surface area contributed by atoms with Crippen molar-refractivity contribution in [3.63, 3.8) is 0 Å². The van der Waals surface area contributed by atoms with Gasteiger partial charge in [0.25, 0.3) is 0 Å². The summed E-state index contributed by atoms with van der Waals surface area (Å²) in [5.41, 5.74) is 26.3. The molecule has 0 spiro atoms. The number of amidine groups is 1. The van der Waals surface area contributed by atoms with Gasteiger partial charge in [0.05, 0.1) is 0 Å². The highest BCUT2D eigenvalue weighted by Crippen LogP contribution is 2.49. The number of nitrogens with one attached hydrogen (secondary N) is 1. The van der Waals surface area contributed by atoms with Gasteiger partial charge < -0.3 is 11.5 Å². The molecule has 0 aromatic heterocycles. The zero-order valence-electron chi connectivity index (χ0n) is 27.1. The Morgan fingerprint density at radius 3 is 1.72 bits per heavy atom. The molecule has 0 saturated heterocycles. The second-order valence-electron chi connectivity index (χ2n) is 13.8. The molecule has 3 heteroatoms. The molecule has 8 rings (SSSR count). The van der Waals surface area contributed by atoms with Crippen LogP contribution in [0.2, 0.25) is 0 Å². The summed E-state index contributed by atoms with van der Waals surface area (Å²) in [5.74, 6) is 0.129. The first kappa shape index (κ1) is 29.7. The second-order valence-corrected chi connectivity index (χ2v) is 13.8. The van der Waals surface area contributed by atoms with Crippen LogP contribution < -0.4 is 11.5 Å². The third-order valence-corrected chi connectivity index (χ3v) is 10.2. The minimum Gasteiger partial charge on any atom is -0.384 e. The smallest absolute Gasteiger partial charge is 0.122 e. The quantitative estimate of drug-likeness (QED) is 0.139. The molecule has 1 atom stereocenters. The molecule has 6 aromatic rings. The number of nitrogen functional groups attached to an aromatic ring is 1. The fourth-order valence-corrected chi connectivity index (χ4v) is 7.56. The van der Waals surface area contributed by atoms with Gasteiger partial charge in [-0.3, -0.25) is 5.41 Å². The molecule has 0 bridgehead atoms. The lowest BCUT2D eigenvalue weighted by molar-refractivity contribution is 0.656. The SMILES string of the molecule is CC1(C)c2ccccc2-c2ccc(C(=N)N)cc21.CC1(C)c2ccccc2-c2ccc(CC(N)c3ccc4ccccc4c3)cc21. The summed E-state index contributed by atoms with van der Waals surface area (Å²) in [5, 5.41) is 10.1. The van der Waals surface area contributed by atoms with Gasteiger partial charge in [-0.05, 0) is 85.0 Å². The van der Waals surface area contributed by atoms with E-state index in [4.69, 9.17) is 16.9 Å². The second kappa shape index (κ2) is 11.1. The number of hydrogen-bond acceptors (Lipinski definition) is 2. The summed E-state index contributed by atoms with van der Waals surface area (Å²) >= 11 is 0. The highest BCUT2D eigenvalue weighted by Gasteiger charge is 2.36. The number of benzene rings is 6. The van der Waals surface area contributed by atoms with Gasteiger partial charge in [-0.15, -0.1) is 0 Å². The third kappa shape index (κ3) is 4.92. The van der Waals surface area contributed by atoms with Crippen LogP contribution in [0.3, 0.4) is 0 Å². The molecule has 5 N–H and O–H groups in total. The number of fused-ring (bicyclic) bond motifs is 7. The highest BCUT2D eigenvalue weighted by molar-refractivity contribution is 5.96. The maximum absolute atomic E-state index is 7.57. The highest BCUT2D eigenvalue weighted by atomic mass is 14.7. The van der Waals surface area contributed by atoms with Crippen molar-refractivity contribution >= 4 is 16.6 Å². The molecule has 3 nitrogen and oxygen atoms in total. The maximum atomic E-state index is 7.57. The molecule has 0 saturated carbocycles. The van der Waals surface area contributed by atoms with E-state index >= 15 is 0 Å². The van der Waals surface area contributed by atoms with Gasteiger partial charge in [0.1, 0.15) is 5.84 Å². The van der Waals surface area contributed by atoms with E-state index in [1.165, 1.54) is 66.4 Å². The van der Waals surface area contributed by atoms with Crippen molar-refractivity contribution in [1.29, 1.82) is 5.41 Å². The molecule has 1 unspecified atom stereocenters. The topological polar surface area (TPSA) is 75.9 Å². The predicted molar refractivity (Wildman–Crippen MR) is 194 cm³/mol. The lowest BCUT2D eigenvalue weighted by atomic mass is 9.81. The lowest BCUT2D eigenvalue weighted by Gasteiger charge is -2.22. The normalized spacial score (nSPS) is 15.2. The monoisotopic (exact) mass is 599 g/mol. The molecule has 0 heterocycles. The minimum absolute atomic E-state index is 0.00505. The summed E-state index contributed by atoms with van der Waals surface area (Å²) < 4.78 is 0. The van der Waals surface area contributed by atoms with Crippen LogP contribution in [0.1, 0.15) is 72.7 Å². The molecule has 228 valence electrons. The van der Waals surface area contributed by atoms with Crippen LogP contribution in [-0.2, 0) is 17.3 Å². The van der Waals surface area contributed by atoms with Gasteiger partial charge in [-0.2, -0.15) is 0 Å². The van der Waals surface area contributed by atoms with Gasteiger partial charge in [0.15, 0.2) is 0 Å². The summed E-state index contributed by atoms with van der Waals surface area (Å²) in [6.07, 6.45) is 0.845. The van der Waals surface area contributed by atoms with Crippen LogP contribution in [0.15, 0.2) is 127 Å². The molecule has 6 aromatic carbocycles. The van der Waals surface area contributed by atoms with E-state index in [1.54, 1.807) is 0 Å². The van der Waals surface area contributed by atoms with Crippen LogP contribution in [0.4, 0.5) is 0 Å². The number of rotatable bonds is 4. The third-order valence-electron chi connectivity index (χ3n) is 10.2. The Morgan fingerprint density at radius 1 is 0.565 bits per heavy atom. The molecule has 0 fully saturated rings. The summed E-state index contributed by atoms with van der Waals surface area (Å²) in [7, 11) is 0. The Bertz CT molecular complexity index is 2130. The van der Waals surface area contributed by atoms with E-state index in [-0.39, 0.29) is 22.7 Å². The largest absolute Gasteiger partial charge is 0.384 e. The van der Waals surface area contributed by atoms with Gasteiger partial charge in [0, 0.05) is 22.4 Å². The van der Waals surface area contributed by atoms with Crippen molar-refractivity contribution in [3.8, 4) is 22.3 Å². The first-order valence-corrected chi connectivity index (χ1v) is 16.1. The van der Waals surface area contributed by atoms with Crippen LogP contribution in [0, 0.1) is 5.41 Å². The van der Waals surface area contributed by atoms with Crippen molar-refractivity contribution < 1.29 is 0 Å². The minimum atomic E-state index is -0.0165. The van der Waals surface area contributed by atoms with Gasteiger partial charge >= 0.3 is 0 Å². The Kier molecular flexibility index (Phi) is 7.18. The Hall–Kier alpha value is -4.99. The van der Waals surface area contributed by atoms with Gasteiger partial charge in [-0.1, -0.05) is 143 Å². The first-order valence-electron chi connectivity index (χ1n) is 16.1. The summed E-state index contributed by atoms with van der Waals surface area (Å²) in [4.78, 5) is 0. The van der Waals surface area contributed by atoms with E-state index in [9.17, 15) is 0 Å². The van der Waals surface area contributed by atoms with E-state index in [0.29, 0.717) is 0 Å². The molecular weight excluding hydrogens is 558 g/mol. The molecule has 2 aliphatic carbocycles. The van der Waals surface area contributed by atoms with Crippen molar-refractivity contribution in [1.82, 2.24) is 0 Å². The van der Waals surface area contributed by atoms with E-state index in [2.05, 4.69) is 149 Å². The Balaban J connectivity index is 0.000000162. The molecule has 46 heavy (non-hydrogen) atoms. The first-order chi connectivity index (χ1) is 22.1. The Labute approximate surface area is 272 Å². The van der Waals surface area contributed by atoms with E-state index in [1.807, 2.05) is 6.07 Å². The average molecular weight is 600 g/mol. The number of hydrogen-bond donors (Lipinski definition) is 3. The fraction of sp³-hybridized carbons (Fsp3) is 0.186. The van der Waals surface area contributed by atoms with Gasteiger partial charge in [0.2, 0.25) is 0 Å². The summed E-state index contributed by atoms with van der Waals surface area (Å²) in [6.45, 7) is 9.10. The molecule has 0 amide bonds. The van der Waals surface area contributed by atoms with Crippen molar-refractivity contribution in [2.45, 2.75) is 51.0 Å². The summed E-state index contributed by atoms with van der Waals surface area (Å²) in [6, 6.07) is 45.3. The fourth-order valence-electron chi connectivity index (χ4n) is 7.56. The lowest BCUT2D eigenvalue weighted by Crippen LogP contribution is -2.17.